The monoisotopic (exact) mass is 273 g/mol. The first kappa shape index (κ1) is 15.6. The van der Waals surface area contributed by atoms with Gasteiger partial charge in [-0.2, -0.15) is 0 Å². The number of benzene rings is 1. The van der Waals surface area contributed by atoms with E-state index in [-0.39, 0.29) is 0 Å². The van der Waals surface area contributed by atoms with E-state index in [1.807, 2.05) is 0 Å². The van der Waals surface area contributed by atoms with E-state index in [1.165, 1.54) is 37.7 Å². The highest BCUT2D eigenvalue weighted by molar-refractivity contribution is 5.18. The normalized spacial score (nSPS) is 28.2. The molecule has 1 aromatic rings. The molecule has 2 rings (SSSR count). The fourth-order valence-electron chi connectivity index (χ4n) is 4.07. The van der Waals surface area contributed by atoms with Crippen LogP contribution in [0, 0.1) is 17.8 Å². The first-order valence-corrected chi connectivity index (χ1v) is 8.47. The SMILES string of the molecule is CCNC(CCC1CC(C)CC(C)C1)c1ccccc1. The molecule has 0 saturated heterocycles. The standard InChI is InChI=1S/C19H31N/c1-4-20-19(18-8-6-5-7-9-18)11-10-17-13-15(2)12-16(3)14-17/h5-9,15-17,19-20H,4,10-14H2,1-3H3. The molecular formula is C19H31N. The van der Waals surface area contributed by atoms with Gasteiger partial charge >= 0.3 is 0 Å². The Morgan fingerprint density at radius 2 is 1.70 bits per heavy atom. The summed E-state index contributed by atoms with van der Waals surface area (Å²) in [5.74, 6) is 2.80. The number of rotatable bonds is 6. The van der Waals surface area contributed by atoms with Crippen LogP contribution in [0.5, 0.6) is 0 Å². The van der Waals surface area contributed by atoms with E-state index in [0.717, 1.165) is 24.3 Å². The van der Waals surface area contributed by atoms with Crippen molar-refractivity contribution >= 4 is 0 Å². The molecule has 0 spiro atoms. The molecule has 3 unspecified atom stereocenters. The molecule has 0 aliphatic heterocycles. The highest BCUT2D eigenvalue weighted by Crippen LogP contribution is 2.36. The largest absolute Gasteiger partial charge is 0.310 e. The van der Waals surface area contributed by atoms with Gasteiger partial charge in [0.2, 0.25) is 0 Å². The molecule has 1 heteroatoms. The average molecular weight is 273 g/mol. The zero-order valence-electron chi connectivity index (χ0n) is 13.4. The summed E-state index contributed by atoms with van der Waals surface area (Å²) < 4.78 is 0. The summed E-state index contributed by atoms with van der Waals surface area (Å²) in [4.78, 5) is 0. The second kappa shape index (κ2) is 7.83. The topological polar surface area (TPSA) is 12.0 Å². The molecule has 0 heterocycles. The molecule has 0 bridgehead atoms. The third kappa shape index (κ3) is 4.63. The Kier molecular flexibility index (Phi) is 6.09. The van der Waals surface area contributed by atoms with Gasteiger partial charge in [-0.05, 0) is 62.0 Å². The summed E-state index contributed by atoms with van der Waals surface area (Å²) >= 11 is 0. The summed E-state index contributed by atoms with van der Waals surface area (Å²) in [7, 11) is 0. The van der Waals surface area contributed by atoms with Gasteiger partial charge in [-0.3, -0.25) is 0 Å². The van der Waals surface area contributed by atoms with E-state index < -0.39 is 0 Å². The highest BCUT2D eigenvalue weighted by atomic mass is 14.9. The van der Waals surface area contributed by atoms with Crippen molar-refractivity contribution in [3.8, 4) is 0 Å². The maximum Gasteiger partial charge on any atom is 0.0320 e. The number of hydrogen-bond donors (Lipinski definition) is 1. The third-order valence-electron chi connectivity index (χ3n) is 4.79. The Hall–Kier alpha value is -0.820. The molecule has 0 aromatic heterocycles. The molecular weight excluding hydrogens is 242 g/mol. The van der Waals surface area contributed by atoms with Crippen LogP contribution in [0.15, 0.2) is 30.3 Å². The highest BCUT2D eigenvalue weighted by Gasteiger charge is 2.24. The lowest BCUT2D eigenvalue weighted by atomic mass is 9.74. The van der Waals surface area contributed by atoms with Crippen LogP contribution in [0.1, 0.15) is 64.5 Å². The lowest BCUT2D eigenvalue weighted by Crippen LogP contribution is -2.24. The minimum absolute atomic E-state index is 0.536. The van der Waals surface area contributed by atoms with Crippen LogP contribution in [0.2, 0.25) is 0 Å². The minimum Gasteiger partial charge on any atom is -0.310 e. The predicted molar refractivity (Wildman–Crippen MR) is 87.8 cm³/mol. The summed E-state index contributed by atoms with van der Waals surface area (Å²) in [5, 5.41) is 3.66. The molecule has 1 nitrogen and oxygen atoms in total. The Morgan fingerprint density at radius 1 is 1.05 bits per heavy atom. The van der Waals surface area contributed by atoms with Crippen LogP contribution in [0.25, 0.3) is 0 Å². The van der Waals surface area contributed by atoms with Crippen LogP contribution in [0.4, 0.5) is 0 Å². The van der Waals surface area contributed by atoms with Gasteiger partial charge in [0.05, 0.1) is 0 Å². The van der Waals surface area contributed by atoms with Gasteiger partial charge in [0, 0.05) is 6.04 Å². The molecule has 112 valence electrons. The van der Waals surface area contributed by atoms with Gasteiger partial charge in [-0.15, -0.1) is 0 Å². The van der Waals surface area contributed by atoms with E-state index in [9.17, 15) is 0 Å². The first-order valence-electron chi connectivity index (χ1n) is 8.47. The zero-order chi connectivity index (χ0) is 14.4. The van der Waals surface area contributed by atoms with Crippen molar-refractivity contribution in [3.63, 3.8) is 0 Å². The summed E-state index contributed by atoms with van der Waals surface area (Å²) in [6.45, 7) is 8.13. The smallest absolute Gasteiger partial charge is 0.0320 e. The van der Waals surface area contributed by atoms with Gasteiger partial charge in [0.1, 0.15) is 0 Å². The van der Waals surface area contributed by atoms with Crippen molar-refractivity contribution in [2.45, 2.75) is 58.9 Å². The van der Waals surface area contributed by atoms with Crippen molar-refractivity contribution in [3.05, 3.63) is 35.9 Å². The van der Waals surface area contributed by atoms with Crippen LogP contribution in [-0.2, 0) is 0 Å². The van der Waals surface area contributed by atoms with E-state index in [4.69, 9.17) is 0 Å². The van der Waals surface area contributed by atoms with Crippen molar-refractivity contribution in [2.75, 3.05) is 6.54 Å². The van der Waals surface area contributed by atoms with Crippen LogP contribution in [-0.4, -0.2) is 6.54 Å². The quantitative estimate of drug-likeness (QED) is 0.752. The van der Waals surface area contributed by atoms with Gasteiger partial charge in [-0.1, -0.05) is 51.1 Å². The zero-order valence-corrected chi connectivity index (χ0v) is 13.4. The molecule has 1 aliphatic carbocycles. The van der Waals surface area contributed by atoms with Gasteiger partial charge in [0.25, 0.3) is 0 Å². The van der Waals surface area contributed by atoms with E-state index in [1.54, 1.807) is 0 Å². The second-order valence-corrected chi connectivity index (χ2v) is 6.88. The summed E-state index contributed by atoms with van der Waals surface area (Å²) in [5.41, 5.74) is 1.45. The van der Waals surface area contributed by atoms with Crippen LogP contribution < -0.4 is 5.32 Å². The van der Waals surface area contributed by atoms with E-state index >= 15 is 0 Å². The molecule has 3 atom stereocenters. The van der Waals surface area contributed by atoms with Crippen molar-refractivity contribution in [2.24, 2.45) is 17.8 Å². The molecule has 1 N–H and O–H groups in total. The van der Waals surface area contributed by atoms with Crippen molar-refractivity contribution in [1.82, 2.24) is 5.32 Å². The lowest BCUT2D eigenvalue weighted by Gasteiger charge is -2.32. The number of nitrogens with one attached hydrogen (secondary N) is 1. The van der Waals surface area contributed by atoms with Gasteiger partial charge in [-0.25, -0.2) is 0 Å². The Labute approximate surface area is 125 Å². The van der Waals surface area contributed by atoms with Crippen molar-refractivity contribution < 1.29 is 0 Å². The maximum atomic E-state index is 3.66. The summed E-state index contributed by atoms with van der Waals surface area (Å²) in [6, 6.07) is 11.5. The molecule has 1 aromatic carbocycles. The Bertz CT molecular complexity index is 363. The first-order chi connectivity index (χ1) is 9.69. The fraction of sp³-hybridized carbons (Fsp3) is 0.684. The van der Waals surface area contributed by atoms with Gasteiger partial charge in [0.15, 0.2) is 0 Å². The van der Waals surface area contributed by atoms with Crippen molar-refractivity contribution in [1.29, 1.82) is 0 Å². The predicted octanol–water partition coefficient (Wildman–Crippen LogP) is 5.19. The van der Waals surface area contributed by atoms with Crippen LogP contribution in [0.3, 0.4) is 0 Å². The van der Waals surface area contributed by atoms with Crippen LogP contribution >= 0.6 is 0 Å². The summed E-state index contributed by atoms with van der Waals surface area (Å²) in [6.07, 6.45) is 6.98. The third-order valence-corrected chi connectivity index (χ3v) is 4.79. The molecule has 1 saturated carbocycles. The Balaban J connectivity index is 1.89. The second-order valence-electron chi connectivity index (χ2n) is 6.88. The molecule has 1 aliphatic rings. The number of hydrogen-bond acceptors (Lipinski definition) is 1. The van der Waals surface area contributed by atoms with E-state index in [0.29, 0.717) is 6.04 Å². The molecule has 1 fully saturated rings. The lowest BCUT2D eigenvalue weighted by molar-refractivity contribution is 0.202. The minimum atomic E-state index is 0.536. The Morgan fingerprint density at radius 3 is 2.30 bits per heavy atom. The maximum absolute atomic E-state index is 3.66. The molecule has 0 amide bonds. The average Bonchev–Trinajstić information content (AvgIpc) is 2.43. The fourth-order valence-corrected chi connectivity index (χ4v) is 4.07. The molecule has 20 heavy (non-hydrogen) atoms. The van der Waals surface area contributed by atoms with E-state index in [2.05, 4.69) is 56.4 Å². The molecule has 0 radical (unpaired) electrons. The van der Waals surface area contributed by atoms with Gasteiger partial charge < -0.3 is 5.32 Å².